The summed E-state index contributed by atoms with van der Waals surface area (Å²) in [5.74, 6) is -0.0489. The molecule has 0 unspecified atom stereocenters. The molecule has 1 atom stereocenters. The van der Waals surface area contributed by atoms with E-state index in [4.69, 9.17) is 27.9 Å². The minimum Gasteiger partial charge on any atom is -0.374 e. The highest BCUT2D eigenvalue weighted by Gasteiger charge is 2.21. The largest absolute Gasteiger partial charge is 0.374 e. The molecule has 2 aromatic rings. The van der Waals surface area contributed by atoms with Crippen LogP contribution in [0, 0.1) is 0 Å². The first-order chi connectivity index (χ1) is 12.6. The maximum absolute atomic E-state index is 12.2. The summed E-state index contributed by atoms with van der Waals surface area (Å²) in [7, 11) is 0. The van der Waals surface area contributed by atoms with E-state index < -0.39 is 0 Å². The normalized spacial score (nSPS) is 17.8. The lowest BCUT2D eigenvalue weighted by molar-refractivity contribution is -0.121. The lowest BCUT2D eigenvalue weighted by Gasteiger charge is -2.33. The Labute approximate surface area is 164 Å². The molecule has 0 spiro atoms. The smallest absolute Gasteiger partial charge is 0.224 e. The van der Waals surface area contributed by atoms with Crippen LogP contribution in [0.5, 0.6) is 0 Å². The number of carbonyl (C=O) groups is 1. The standard InChI is InChI=1S/C20H22Cl2N2O2/c21-18-7-6-16(10-19(18)22)11-20(25)23-12-17-14-24(8-9-26-17)13-15-4-2-1-3-5-15/h1-7,10,17H,8-9,11-14H2,(H,23,25)/t17-/m0/s1. The average molecular weight is 393 g/mol. The van der Waals surface area contributed by atoms with Gasteiger partial charge in [-0.25, -0.2) is 0 Å². The van der Waals surface area contributed by atoms with Crippen LogP contribution in [0.15, 0.2) is 48.5 Å². The first-order valence-corrected chi connectivity index (χ1v) is 9.44. The Morgan fingerprint density at radius 3 is 2.69 bits per heavy atom. The van der Waals surface area contributed by atoms with Crippen LogP contribution >= 0.6 is 23.2 Å². The molecule has 0 bridgehead atoms. The minimum absolute atomic E-state index is 0.00483. The van der Waals surface area contributed by atoms with Crippen molar-refractivity contribution in [2.75, 3.05) is 26.2 Å². The highest BCUT2D eigenvalue weighted by Crippen LogP contribution is 2.22. The van der Waals surface area contributed by atoms with E-state index in [9.17, 15) is 4.79 Å². The number of nitrogens with one attached hydrogen (secondary N) is 1. The Morgan fingerprint density at radius 1 is 1.12 bits per heavy atom. The van der Waals surface area contributed by atoms with Gasteiger partial charge in [0.15, 0.2) is 0 Å². The molecule has 0 aliphatic carbocycles. The third-order valence-corrected chi connectivity index (χ3v) is 5.09. The fourth-order valence-corrected chi connectivity index (χ4v) is 3.33. The Hall–Kier alpha value is -1.59. The number of morpholine rings is 1. The highest BCUT2D eigenvalue weighted by atomic mass is 35.5. The molecular formula is C20H22Cl2N2O2. The van der Waals surface area contributed by atoms with Gasteiger partial charge >= 0.3 is 0 Å². The van der Waals surface area contributed by atoms with E-state index in [0.717, 1.165) is 25.2 Å². The summed E-state index contributed by atoms with van der Waals surface area (Å²) in [5.41, 5.74) is 2.13. The fourth-order valence-electron chi connectivity index (χ4n) is 3.01. The topological polar surface area (TPSA) is 41.6 Å². The van der Waals surface area contributed by atoms with Gasteiger partial charge in [-0.3, -0.25) is 9.69 Å². The average Bonchev–Trinajstić information content (AvgIpc) is 2.64. The lowest BCUT2D eigenvalue weighted by Crippen LogP contribution is -2.47. The van der Waals surface area contributed by atoms with Gasteiger partial charge < -0.3 is 10.1 Å². The third-order valence-electron chi connectivity index (χ3n) is 4.35. The second-order valence-corrected chi connectivity index (χ2v) is 7.26. The quantitative estimate of drug-likeness (QED) is 0.816. The zero-order valence-electron chi connectivity index (χ0n) is 14.5. The molecular weight excluding hydrogens is 371 g/mol. The molecule has 0 saturated carbocycles. The number of hydrogen-bond acceptors (Lipinski definition) is 3. The van der Waals surface area contributed by atoms with Crippen LogP contribution < -0.4 is 5.32 Å². The van der Waals surface area contributed by atoms with Gasteiger partial charge in [-0.2, -0.15) is 0 Å². The molecule has 4 nitrogen and oxygen atoms in total. The number of rotatable bonds is 6. The van der Waals surface area contributed by atoms with Gasteiger partial charge in [0.1, 0.15) is 0 Å². The number of nitrogens with zero attached hydrogens (tertiary/aromatic N) is 1. The Kier molecular flexibility index (Phi) is 6.92. The fraction of sp³-hybridized carbons (Fsp3) is 0.350. The molecule has 1 amide bonds. The van der Waals surface area contributed by atoms with E-state index in [1.807, 2.05) is 12.1 Å². The molecule has 0 radical (unpaired) electrons. The van der Waals surface area contributed by atoms with Crippen molar-refractivity contribution in [2.45, 2.75) is 19.1 Å². The lowest BCUT2D eigenvalue weighted by atomic mass is 10.1. The maximum atomic E-state index is 12.2. The molecule has 138 valence electrons. The zero-order chi connectivity index (χ0) is 18.4. The number of amides is 1. The van der Waals surface area contributed by atoms with Crippen molar-refractivity contribution in [3.8, 4) is 0 Å². The molecule has 2 aromatic carbocycles. The van der Waals surface area contributed by atoms with Crippen molar-refractivity contribution in [1.29, 1.82) is 0 Å². The molecule has 1 aliphatic rings. The van der Waals surface area contributed by atoms with Gasteiger partial charge in [0.2, 0.25) is 5.91 Å². The molecule has 1 saturated heterocycles. The summed E-state index contributed by atoms with van der Waals surface area (Å²) in [6, 6.07) is 15.6. The molecule has 1 N–H and O–H groups in total. The van der Waals surface area contributed by atoms with Gasteiger partial charge in [-0.15, -0.1) is 0 Å². The van der Waals surface area contributed by atoms with Gasteiger partial charge in [0, 0.05) is 26.2 Å². The van der Waals surface area contributed by atoms with Crippen LogP contribution in [0.25, 0.3) is 0 Å². The van der Waals surface area contributed by atoms with Crippen molar-refractivity contribution in [3.63, 3.8) is 0 Å². The van der Waals surface area contributed by atoms with Gasteiger partial charge in [-0.05, 0) is 23.3 Å². The van der Waals surface area contributed by atoms with E-state index in [2.05, 4.69) is 34.5 Å². The molecule has 0 aromatic heterocycles. The van der Waals surface area contributed by atoms with Crippen LogP contribution in [-0.2, 0) is 22.5 Å². The summed E-state index contributed by atoms with van der Waals surface area (Å²) >= 11 is 11.9. The second-order valence-electron chi connectivity index (χ2n) is 6.44. The SMILES string of the molecule is O=C(Cc1ccc(Cl)c(Cl)c1)NC[C@H]1CN(Cc2ccccc2)CCO1. The number of halogens is 2. The summed E-state index contributed by atoms with van der Waals surface area (Å²) < 4.78 is 5.79. The summed E-state index contributed by atoms with van der Waals surface area (Å²) in [6.07, 6.45) is 0.280. The number of benzene rings is 2. The van der Waals surface area contributed by atoms with Crippen molar-refractivity contribution < 1.29 is 9.53 Å². The minimum atomic E-state index is -0.0489. The maximum Gasteiger partial charge on any atom is 0.224 e. The van der Waals surface area contributed by atoms with Crippen LogP contribution in [-0.4, -0.2) is 43.2 Å². The Balaban J connectivity index is 1.44. The van der Waals surface area contributed by atoms with Crippen molar-refractivity contribution in [3.05, 3.63) is 69.7 Å². The van der Waals surface area contributed by atoms with Gasteiger partial charge in [0.05, 0.1) is 29.2 Å². The van der Waals surface area contributed by atoms with E-state index in [0.29, 0.717) is 23.2 Å². The van der Waals surface area contributed by atoms with Crippen molar-refractivity contribution in [1.82, 2.24) is 10.2 Å². The predicted molar refractivity (Wildman–Crippen MR) is 105 cm³/mol. The summed E-state index contributed by atoms with van der Waals surface area (Å²) in [5, 5.41) is 3.91. The van der Waals surface area contributed by atoms with Crippen LogP contribution in [0.4, 0.5) is 0 Å². The van der Waals surface area contributed by atoms with Gasteiger partial charge in [-0.1, -0.05) is 59.6 Å². The van der Waals surface area contributed by atoms with Gasteiger partial charge in [0.25, 0.3) is 0 Å². The molecule has 1 heterocycles. The van der Waals surface area contributed by atoms with Crippen LogP contribution in [0.1, 0.15) is 11.1 Å². The van der Waals surface area contributed by atoms with Crippen molar-refractivity contribution >= 4 is 29.1 Å². The Morgan fingerprint density at radius 2 is 1.92 bits per heavy atom. The highest BCUT2D eigenvalue weighted by molar-refractivity contribution is 6.42. The second kappa shape index (κ2) is 9.38. The first-order valence-electron chi connectivity index (χ1n) is 8.68. The number of ether oxygens (including phenoxy) is 1. The van der Waals surface area contributed by atoms with E-state index >= 15 is 0 Å². The number of hydrogen-bond donors (Lipinski definition) is 1. The number of carbonyl (C=O) groups excluding carboxylic acids is 1. The summed E-state index contributed by atoms with van der Waals surface area (Å²) in [4.78, 5) is 14.5. The molecule has 3 rings (SSSR count). The van der Waals surface area contributed by atoms with E-state index in [1.165, 1.54) is 5.56 Å². The molecule has 1 fully saturated rings. The predicted octanol–water partition coefficient (Wildman–Crippen LogP) is 3.55. The Bertz CT molecular complexity index is 740. The molecule has 6 heteroatoms. The van der Waals surface area contributed by atoms with Crippen LogP contribution in [0.3, 0.4) is 0 Å². The van der Waals surface area contributed by atoms with E-state index in [1.54, 1.807) is 12.1 Å². The zero-order valence-corrected chi connectivity index (χ0v) is 16.0. The third kappa shape index (κ3) is 5.71. The van der Waals surface area contributed by atoms with Crippen molar-refractivity contribution in [2.24, 2.45) is 0 Å². The van der Waals surface area contributed by atoms with Crippen LogP contribution in [0.2, 0.25) is 10.0 Å². The molecule has 26 heavy (non-hydrogen) atoms. The summed E-state index contributed by atoms with van der Waals surface area (Å²) in [6.45, 7) is 3.80. The first kappa shape index (κ1) is 19.2. The van der Waals surface area contributed by atoms with E-state index in [-0.39, 0.29) is 18.4 Å². The molecule has 1 aliphatic heterocycles. The monoisotopic (exact) mass is 392 g/mol.